The molecule has 1 aliphatic heterocycles. The van der Waals surface area contributed by atoms with Crippen LogP contribution in [0.5, 0.6) is 0 Å². The lowest BCUT2D eigenvalue weighted by molar-refractivity contribution is -0.137. The average Bonchev–Trinajstić information content (AvgIpc) is 2.64. The second-order valence-corrected chi connectivity index (χ2v) is 7.48. The number of nitrogens with one attached hydrogen (secondary N) is 2. The van der Waals surface area contributed by atoms with E-state index in [2.05, 4.69) is 10.6 Å². The van der Waals surface area contributed by atoms with Crippen LogP contribution in [0.15, 0.2) is 48.5 Å². The molecule has 0 unspecified atom stereocenters. The van der Waals surface area contributed by atoms with Crippen LogP contribution in [0.2, 0.25) is 0 Å². The summed E-state index contributed by atoms with van der Waals surface area (Å²) in [6.07, 6.45) is -4.33. The zero-order valence-electron chi connectivity index (χ0n) is 14.4. The first-order valence-electron chi connectivity index (χ1n) is 8.37. The van der Waals surface area contributed by atoms with Crippen LogP contribution in [0.25, 0.3) is 0 Å². The molecule has 1 fully saturated rings. The van der Waals surface area contributed by atoms with Gasteiger partial charge in [0.1, 0.15) is 11.9 Å². The number of halogens is 4. The summed E-state index contributed by atoms with van der Waals surface area (Å²) in [5.41, 5.74) is -0.480. The highest BCUT2D eigenvalue weighted by Crippen LogP contribution is 2.31. The van der Waals surface area contributed by atoms with Gasteiger partial charge in [0.15, 0.2) is 0 Å². The molecule has 3 rings (SSSR count). The molecule has 0 spiro atoms. The number of hydrogen-bond donors (Lipinski definition) is 2. The zero-order valence-corrected chi connectivity index (χ0v) is 15.2. The predicted molar refractivity (Wildman–Crippen MR) is 98.4 cm³/mol. The number of carbonyl (C=O) groups excluding carboxylic acids is 2. The van der Waals surface area contributed by atoms with Crippen molar-refractivity contribution in [3.8, 4) is 0 Å². The molecule has 0 bridgehead atoms. The van der Waals surface area contributed by atoms with Gasteiger partial charge in [-0.2, -0.15) is 13.2 Å². The van der Waals surface area contributed by atoms with Gasteiger partial charge in [0.2, 0.25) is 11.8 Å². The molecule has 2 aromatic rings. The van der Waals surface area contributed by atoms with Crippen LogP contribution in [0.3, 0.4) is 0 Å². The third-order valence-electron chi connectivity index (χ3n) is 4.21. The first-order chi connectivity index (χ1) is 13.2. The quantitative estimate of drug-likeness (QED) is 0.755. The fraction of sp³-hybridized carbons (Fsp3) is 0.263. The minimum Gasteiger partial charge on any atom is -0.343 e. The van der Waals surface area contributed by atoms with Gasteiger partial charge in [0.05, 0.1) is 10.8 Å². The highest BCUT2D eigenvalue weighted by atomic mass is 32.2. The van der Waals surface area contributed by atoms with Gasteiger partial charge in [-0.3, -0.25) is 9.59 Å². The summed E-state index contributed by atoms with van der Waals surface area (Å²) < 4.78 is 52.0. The first kappa shape index (κ1) is 20.2. The Morgan fingerprint density at radius 2 is 1.93 bits per heavy atom. The molecule has 28 heavy (non-hydrogen) atoms. The third kappa shape index (κ3) is 4.83. The van der Waals surface area contributed by atoms with Gasteiger partial charge in [-0.05, 0) is 36.2 Å². The first-order valence-corrected chi connectivity index (χ1v) is 9.42. The van der Waals surface area contributed by atoms with Gasteiger partial charge in [0, 0.05) is 11.4 Å². The van der Waals surface area contributed by atoms with Crippen molar-refractivity contribution in [2.45, 2.75) is 23.9 Å². The normalized spacial score (nSPS) is 19.8. The molecule has 2 aromatic carbocycles. The average molecular weight is 412 g/mol. The highest BCUT2D eigenvalue weighted by Gasteiger charge is 2.34. The number of anilines is 1. The van der Waals surface area contributed by atoms with Gasteiger partial charge < -0.3 is 10.6 Å². The van der Waals surface area contributed by atoms with E-state index >= 15 is 0 Å². The molecular formula is C19H16F4N2O2S. The number of alkyl halides is 3. The van der Waals surface area contributed by atoms with E-state index in [-0.39, 0.29) is 17.9 Å². The monoisotopic (exact) mass is 412 g/mol. The van der Waals surface area contributed by atoms with Gasteiger partial charge in [-0.1, -0.05) is 24.3 Å². The Morgan fingerprint density at radius 3 is 2.61 bits per heavy atom. The lowest BCUT2D eigenvalue weighted by Gasteiger charge is -2.28. The Hall–Kier alpha value is -2.55. The van der Waals surface area contributed by atoms with Gasteiger partial charge in [-0.15, -0.1) is 11.8 Å². The van der Waals surface area contributed by atoms with E-state index in [1.807, 2.05) is 0 Å². The van der Waals surface area contributed by atoms with Crippen molar-refractivity contribution in [1.29, 1.82) is 0 Å². The van der Waals surface area contributed by atoms with Gasteiger partial charge in [-0.25, -0.2) is 4.39 Å². The van der Waals surface area contributed by atoms with Gasteiger partial charge in [0.25, 0.3) is 0 Å². The number of amides is 2. The smallest absolute Gasteiger partial charge is 0.343 e. The van der Waals surface area contributed by atoms with E-state index in [9.17, 15) is 27.2 Å². The summed E-state index contributed by atoms with van der Waals surface area (Å²) in [6, 6.07) is 9.52. The largest absolute Gasteiger partial charge is 0.416 e. The van der Waals surface area contributed by atoms with Crippen LogP contribution in [-0.4, -0.2) is 28.9 Å². The Bertz CT molecular complexity index is 888. The van der Waals surface area contributed by atoms with E-state index in [1.165, 1.54) is 30.0 Å². The lowest BCUT2D eigenvalue weighted by Crippen LogP contribution is -2.52. The molecule has 9 heteroatoms. The maximum absolute atomic E-state index is 13.8. The SMILES string of the molecule is O=C(Nc1cccc(C(F)(F)F)c1)[C@H]1CS[C@H](Cc2ccccc2F)C(=O)N1. The molecule has 2 N–H and O–H groups in total. The maximum atomic E-state index is 13.8. The van der Waals surface area contributed by atoms with E-state index in [0.717, 1.165) is 12.1 Å². The summed E-state index contributed by atoms with van der Waals surface area (Å²) in [6.45, 7) is 0. The zero-order chi connectivity index (χ0) is 20.3. The Labute approximate surface area is 162 Å². The van der Waals surface area contributed by atoms with Crippen LogP contribution >= 0.6 is 11.8 Å². The number of rotatable bonds is 4. The molecule has 1 saturated heterocycles. The predicted octanol–water partition coefficient (Wildman–Crippen LogP) is 3.63. The topological polar surface area (TPSA) is 58.2 Å². The van der Waals surface area contributed by atoms with Gasteiger partial charge >= 0.3 is 6.18 Å². The highest BCUT2D eigenvalue weighted by molar-refractivity contribution is 8.00. The van der Waals surface area contributed by atoms with Crippen LogP contribution in [-0.2, 0) is 22.2 Å². The maximum Gasteiger partial charge on any atom is 0.416 e. The van der Waals surface area contributed by atoms with Crippen LogP contribution in [0.4, 0.5) is 23.2 Å². The molecule has 0 aliphatic carbocycles. The summed E-state index contributed by atoms with van der Waals surface area (Å²) in [4.78, 5) is 24.6. The van der Waals surface area contributed by atoms with E-state index in [1.54, 1.807) is 18.2 Å². The molecule has 0 radical (unpaired) electrons. The van der Waals surface area contributed by atoms with Crippen molar-refractivity contribution in [2.24, 2.45) is 0 Å². The van der Waals surface area contributed by atoms with Crippen molar-refractivity contribution in [1.82, 2.24) is 5.32 Å². The van der Waals surface area contributed by atoms with Crippen molar-refractivity contribution in [3.05, 3.63) is 65.5 Å². The van der Waals surface area contributed by atoms with Crippen molar-refractivity contribution < 1.29 is 27.2 Å². The van der Waals surface area contributed by atoms with E-state index < -0.39 is 40.7 Å². The van der Waals surface area contributed by atoms with Crippen LogP contribution in [0, 0.1) is 5.82 Å². The fourth-order valence-corrected chi connectivity index (χ4v) is 3.93. The molecule has 148 valence electrons. The van der Waals surface area contributed by atoms with Crippen LogP contribution < -0.4 is 10.6 Å². The number of thioether (sulfide) groups is 1. The molecule has 4 nitrogen and oxygen atoms in total. The number of hydrogen-bond acceptors (Lipinski definition) is 3. The Balaban J connectivity index is 1.60. The van der Waals surface area contributed by atoms with E-state index in [0.29, 0.717) is 5.56 Å². The Kier molecular flexibility index (Phi) is 5.93. The van der Waals surface area contributed by atoms with Crippen molar-refractivity contribution >= 4 is 29.3 Å². The molecule has 0 aromatic heterocycles. The summed E-state index contributed by atoms with van der Waals surface area (Å²) in [5.74, 6) is -1.19. The minimum absolute atomic E-state index is 0.00689. The van der Waals surface area contributed by atoms with E-state index in [4.69, 9.17) is 0 Å². The second-order valence-electron chi connectivity index (χ2n) is 6.25. The van der Waals surface area contributed by atoms with Crippen molar-refractivity contribution in [2.75, 3.05) is 11.1 Å². The molecular weight excluding hydrogens is 396 g/mol. The molecule has 1 aliphatic rings. The lowest BCUT2D eigenvalue weighted by atomic mass is 10.1. The standard InChI is InChI=1S/C19H16F4N2O2S/c20-14-7-2-1-4-11(14)8-16-18(27)25-15(10-28-16)17(26)24-13-6-3-5-12(9-13)19(21,22)23/h1-7,9,15-16H,8,10H2,(H,24,26)(H,25,27)/t15-,16-/m1/s1. The minimum atomic E-state index is -4.52. The molecule has 2 atom stereocenters. The molecule has 1 heterocycles. The molecule has 2 amide bonds. The number of carbonyl (C=O) groups is 2. The second kappa shape index (κ2) is 8.22. The Morgan fingerprint density at radius 1 is 1.18 bits per heavy atom. The fourth-order valence-electron chi connectivity index (χ4n) is 2.75. The summed E-state index contributed by atoms with van der Waals surface area (Å²) >= 11 is 1.21. The summed E-state index contributed by atoms with van der Waals surface area (Å²) in [5, 5.41) is 4.40. The van der Waals surface area contributed by atoms with Crippen molar-refractivity contribution in [3.63, 3.8) is 0 Å². The molecule has 0 saturated carbocycles. The van der Waals surface area contributed by atoms with Crippen LogP contribution in [0.1, 0.15) is 11.1 Å². The number of benzene rings is 2. The summed E-state index contributed by atoms with van der Waals surface area (Å²) in [7, 11) is 0. The third-order valence-corrected chi connectivity index (χ3v) is 5.52.